The summed E-state index contributed by atoms with van der Waals surface area (Å²) in [7, 11) is 0. The Morgan fingerprint density at radius 3 is 1.37 bits per heavy atom. The number of aromatic nitrogens is 4. The Balaban J connectivity index is 1.32. The van der Waals surface area contributed by atoms with Crippen LogP contribution in [-0.2, 0) is 5.41 Å². The first-order valence-electron chi connectivity index (χ1n) is 16.5. The topological polar surface area (TPSA) is 51.6 Å². The maximum Gasteiger partial charge on any atom is 0.161 e. The molecular weight excluding hydrogens is 597 g/mol. The third kappa shape index (κ3) is 4.04. The third-order valence-corrected chi connectivity index (χ3v) is 10.1. The summed E-state index contributed by atoms with van der Waals surface area (Å²) in [4.78, 5) is 19.0. The molecule has 0 atom stereocenters. The lowest BCUT2D eigenvalue weighted by Crippen LogP contribution is -2.29. The van der Waals surface area contributed by atoms with Gasteiger partial charge in [0.05, 0.1) is 16.8 Å². The van der Waals surface area contributed by atoms with Crippen molar-refractivity contribution < 1.29 is 0 Å². The summed E-state index contributed by atoms with van der Waals surface area (Å²) < 4.78 is 0. The molecular formula is C45H28N4. The Morgan fingerprint density at radius 1 is 0.347 bits per heavy atom. The van der Waals surface area contributed by atoms with Gasteiger partial charge in [0.2, 0.25) is 0 Å². The first-order chi connectivity index (χ1) is 24.3. The fourth-order valence-corrected chi connectivity index (χ4v) is 8.09. The van der Waals surface area contributed by atoms with Crippen molar-refractivity contribution in [3.8, 4) is 67.3 Å². The van der Waals surface area contributed by atoms with Crippen molar-refractivity contribution >= 4 is 0 Å². The van der Waals surface area contributed by atoms with Gasteiger partial charge in [-0.1, -0.05) is 109 Å². The Kier molecular flexibility index (Phi) is 6.06. The largest absolute Gasteiger partial charge is 0.264 e. The van der Waals surface area contributed by atoms with Gasteiger partial charge >= 0.3 is 0 Å². The van der Waals surface area contributed by atoms with Crippen molar-refractivity contribution in [3.63, 3.8) is 0 Å². The van der Waals surface area contributed by atoms with E-state index in [0.29, 0.717) is 5.82 Å². The Morgan fingerprint density at radius 2 is 0.816 bits per heavy atom. The molecule has 49 heavy (non-hydrogen) atoms. The van der Waals surface area contributed by atoms with Gasteiger partial charge in [0.25, 0.3) is 0 Å². The fraction of sp³-hybridized carbons (Fsp3) is 0.0222. The molecule has 1 spiro atoms. The molecule has 5 aromatic carbocycles. The van der Waals surface area contributed by atoms with E-state index in [-0.39, 0.29) is 0 Å². The van der Waals surface area contributed by atoms with E-state index >= 15 is 0 Å². The summed E-state index contributed by atoms with van der Waals surface area (Å²) in [5.41, 5.74) is 16.5. The highest BCUT2D eigenvalue weighted by atomic mass is 14.9. The molecule has 4 nitrogen and oxygen atoms in total. The molecule has 0 saturated carbocycles. The molecule has 8 aromatic rings. The lowest BCUT2D eigenvalue weighted by atomic mass is 9.65. The summed E-state index contributed by atoms with van der Waals surface area (Å²) >= 11 is 0. The second kappa shape index (κ2) is 10.8. The molecule has 0 fully saturated rings. The highest BCUT2D eigenvalue weighted by Crippen LogP contribution is 2.61. The minimum atomic E-state index is -0.556. The summed E-state index contributed by atoms with van der Waals surface area (Å²) in [6.45, 7) is 0. The number of hydrogen-bond donors (Lipinski definition) is 0. The molecule has 4 heteroatoms. The summed E-state index contributed by atoms with van der Waals surface area (Å²) in [5.74, 6) is 0.626. The number of benzene rings is 5. The van der Waals surface area contributed by atoms with E-state index < -0.39 is 5.41 Å². The first kappa shape index (κ1) is 27.6. The van der Waals surface area contributed by atoms with E-state index in [1.54, 1.807) is 12.4 Å². The van der Waals surface area contributed by atoms with Crippen LogP contribution in [-0.4, -0.2) is 19.9 Å². The van der Waals surface area contributed by atoms with E-state index in [0.717, 1.165) is 28.1 Å². The minimum Gasteiger partial charge on any atom is -0.264 e. The number of rotatable bonds is 3. The molecule has 2 aliphatic rings. The van der Waals surface area contributed by atoms with Gasteiger partial charge in [-0.3, -0.25) is 9.97 Å². The van der Waals surface area contributed by atoms with Crippen molar-refractivity contribution in [3.05, 3.63) is 193 Å². The van der Waals surface area contributed by atoms with Gasteiger partial charge < -0.3 is 0 Å². The molecule has 0 radical (unpaired) electrons. The van der Waals surface area contributed by atoms with Crippen LogP contribution in [0.4, 0.5) is 0 Å². The predicted octanol–water partition coefficient (Wildman–Crippen LogP) is 10.3. The predicted molar refractivity (Wildman–Crippen MR) is 196 cm³/mol. The van der Waals surface area contributed by atoms with Crippen LogP contribution >= 0.6 is 0 Å². The minimum absolute atomic E-state index is 0.556. The Labute approximate surface area is 284 Å². The first-order valence-corrected chi connectivity index (χ1v) is 16.5. The second-order valence-electron chi connectivity index (χ2n) is 12.6. The fourth-order valence-electron chi connectivity index (χ4n) is 8.09. The summed E-state index contributed by atoms with van der Waals surface area (Å²) in [5, 5.41) is 0. The van der Waals surface area contributed by atoms with Crippen LogP contribution in [0.5, 0.6) is 0 Å². The monoisotopic (exact) mass is 624 g/mol. The zero-order valence-electron chi connectivity index (χ0n) is 26.5. The Bertz CT molecular complexity index is 2450. The average molecular weight is 625 g/mol. The standard InChI is InChI=1S/C45H28N4/c1-2-14-33-32(13-1)34-15-3-6-18-38(34)45(39-19-7-4-16-35(39)36-17-5-8-20-40(36)45)41-25-29(21-22-37(33)41)42-26-43(30-11-9-23-46-27-30)49-44(48-42)31-12-10-24-47-28-31/h1-28H. The van der Waals surface area contributed by atoms with Gasteiger partial charge in [-0.2, -0.15) is 0 Å². The molecule has 0 unspecified atom stereocenters. The normalized spacial score (nSPS) is 13.1. The van der Waals surface area contributed by atoms with Crippen LogP contribution in [0.1, 0.15) is 22.3 Å². The van der Waals surface area contributed by atoms with Gasteiger partial charge in [0, 0.05) is 41.5 Å². The lowest BCUT2D eigenvalue weighted by molar-refractivity contribution is 0.775. The van der Waals surface area contributed by atoms with Gasteiger partial charge in [-0.05, 0) is 92.0 Å². The van der Waals surface area contributed by atoms with Crippen molar-refractivity contribution in [1.29, 1.82) is 0 Å². The number of pyridine rings is 2. The molecule has 0 N–H and O–H groups in total. The van der Waals surface area contributed by atoms with E-state index in [4.69, 9.17) is 9.97 Å². The highest BCUT2D eigenvalue weighted by molar-refractivity contribution is 5.97. The SMILES string of the molecule is c1cncc(-c2cc(-c3ccc4c(c3)C3(c5ccccc5-c5ccccc5-4)c4ccccc4-c4ccccc43)nc(-c3cccnc3)n2)c1. The van der Waals surface area contributed by atoms with Gasteiger partial charge in [0.1, 0.15) is 0 Å². The van der Waals surface area contributed by atoms with Crippen molar-refractivity contribution in [2.45, 2.75) is 5.41 Å². The van der Waals surface area contributed by atoms with Crippen molar-refractivity contribution in [2.75, 3.05) is 0 Å². The number of nitrogens with zero attached hydrogens (tertiary/aromatic N) is 4. The number of hydrogen-bond acceptors (Lipinski definition) is 4. The third-order valence-electron chi connectivity index (χ3n) is 10.1. The van der Waals surface area contributed by atoms with Crippen LogP contribution in [0.25, 0.3) is 67.3 Å². The molecule has 0 aliphatic heterocycles. The van der Waals surface area contributed by atoms with E-state index in [1.807, 2.05) is 36.7 Å². The molecule has 0 bridgehead atoms. The van der Waals surface area contributed by atoms with Crippen molar-refractivity contribution in [1.82, 2.24) is 19.9 Å². The highest BCUT2D eigenvalue weighted by Gasteiger charge is 2.49. The van der Waals surface area contributed by atoms with E-state index in [1.165, 1.54) is 55.6 Å². The zero-order chi connectivity index (χ0) is 32.4. The molecule has 10 rings (SSSR count). The quantitative estimate of drug-likeness (QED) is 0.196. The van der Waals surface area contributed by atoms with Crippen LogP contribution in [0.15, 0.2) is 170 Å². The molecule has 0 amide bonds. The molecule has 2 aliphatic carbocycles. The maximum absolute atomic E-state index is 5.19. The van der Waals surface area contributed by atoms with Gasteiger partial charge in [-0.25, -0.2) is 9.97 Å². The smallest absolute Gasteiger partial charge is 0.161 e. The van der Waals surface area contributed by atoms with Gasteiger partial charge in [0.15, 0.2) is 5.82 Å². The molecule has 0 saturated heterocycles. The molecule has 3 heterocycles. The van der Waals surface area contributed by atoms with Crippen LogP contribution in [0.3, 0.4) is 0 Å². The van der Waals surface area contributed by atoms with Crippen molar-refractivity contribution in [2.24, 2.45) is 0 Å². The Hall–Kier alpha value is -6.52. The lowest BCUT2D eigenvalue weighted by Gasteiger charge is -2.35. The van der Waals surface area contributed by atoms with E-state index in [9.17, 15) is 0 Å². The summed E-state index contributed by atoms with van der Waals surface area (Å²) in [6.07, 6.45) is 7.23. The van der Waals surface area contributed by atoms with Crippen LogP contribution < -0.4 is 0 Å². The zero-order valence-corrected chi connectivity index (χ0v) is 26.5. The summed E-state index contributed by atoms with van der Waals surface area (Å²) in [6, 6.07) is 52.6. The molecule has 3 aromatic heterocycles. The number of fused-ring (bicyclic) bond motifs is 12. The maximum atomic E-state index is 5.19. The van der Waals surface area contributed by atoms with Gasteiger partial charge in [-0.15, -0.1) is 0 Å². The van der Waals surface area contributed by atoms with E-state index in [2.05, 4.69) is 131 Å². The van der Waals surface area contributed by atoms with Crippen LogP contribution in [0.2, 0.25) is 0 Å². The second-order valence-corrected chi connectivity index (χ2v) is 12.6. The van der Waals surface area contributed by atoms with Crippen LogP contribution in [0, 0.1) is 0 Å². The molecule has 228 valence electrons. The average Bonchev–Trinajstić information content (AvgIpc) is 3.43.